The number of benzene rings is 2. The van der Waals surface area contributed by atoms with Crippen LogP contribution in [0.3, 0.4) is 0 Å². The molecule has 6 rings (SSSR count). The van der Waals surface area contributed by atoms with Crippen LogP contribution in [-0.2, 0) is 17.8 Å². The van der Waals surface area contributed by atoms with Gasteiger partial charge in [-0.2, -0.15) is 0 Å². The molecule has 0 radical (unpaired) electrons. The van der Waals surface area contributed by atoms with E-state index in [1.807, 2.05) is 37.3 Å². The molecule has 0 spiro atoms. The summed E-state index contributed by atoms with van der Waals surface area (Å²) in [6.07, 6.45) is 4.96. The van der Waals surface area contributed by atoms with Crippen molar-refractivity contribution in [3.05, 3.63) is 71.7 Å². The number of alkyl carbamates (subject to hydrolysis) is 1. The zero-order chi connectivity index (χ0) is 25.4. The Hall–Kier alpha value is -4.31. The summed E-state index contributed by atoms with van der Waals surface area (Å²) in [5.74, 6) is 1.29. The van der Waals surface area contributed by atoms with Crippen LogP contribution in [0.2, 0.25) is 0 Å². The molecule has 0 bridgehead atoms. The summed E-state index contributed by atoms with van der Waals surface area (Å²) in [4.78, 5) is 30.2. The van der Waals surface area contributed by atoms with Crippen LogP contribution >= 0.6 is 11.3 Å². The second kappa shape index (κ2) is 9.62. The third kappa shape index (κ3) is 4.63. The first-order valence-electron chi connectivity index (χ1n) is 11.8. The van der Waals surface area contributed by atoms with Gasteiger partial charge in [0.15, 0.2) is 0 Å². The molecule has 2 aromatic carbocycles. The highest BCUT2D eigenvalue weighted by atomic mass is 32.1. The van der Waals surface area contributed by atoms with Crippen molar-refractivity contribution in [1.29, 1.82) is 0 Å². The quantitative estimate of drug-likeness (QED) is 0.343. The number of fused-ring (bicyclic) bond motifs is 4. The van der Waals surface area contributed by atoms with Gasteiger partial charge in [-0.25, -0.2) is 19.7 Å². The van der Waals surface area contributed by atoms with E-state index in [0.717, 1.165) is 54.3 Å². The lowest BCUT2D eigenvalue weighted by Crippen LogP contribution is -2.34. The van der Waals surface area contributed by atoms with E-state index >= 15 is 0 Å². The molecule has 4 heterocycles. The van der Waals surface area contributed by atoms with E-state index in [1.165, 1.54) is 0 Å². The van der Waals surface area contributed by atoms with Gasteiger partial charge in [-0.1, -0.05) is 0 Å². The minimum atomic E-state index is -0.481. The smallest absolute Gasteiger partial charge is 0.407 e. The first-order chi connectivity index (χ1) is 18.1. The Morgan fingerprint density at radius 3 is 2.86 bits per heavy atom. The summed E-state index contributed by atoms with van der Waals surface area (Å²) in [6.45, 7) is 2.56. The van der Waals surface area contributed by atoms with Crippen molar-refractivity contribution >= 4 is 38.7 Å². The van der Waals surface area contributed by atoms with Gasteiger partial charge in [0.2, 0.25) is 5.88 Å². The predicted molar refractivity (Wildman–Crippen MR) is 140 cm³/mol. The van der Waals surface area contributed by atoms with Crippen LogP contribution in [0.1, 0.15) is 16.7 Å². The molecule has 186 valence electrons. The third-order valence-corrected chi connectivity index (χ3v) is 7.31. The molecule has 1 unspecified atom stereocenters. The zero-order valence-corrected chi connectivity index (χ0v) is 21.0. The van der Waals surface area contributed by atoms with Gasteiger partial charge < -0.3 is 19.5 Å². The van der Waals surface area contributed by atoms with Gasteiger partial charge >= 0.3 is 6.09 Å². The molecule has 1 aliphatic rings. The van der Waals surface area contributed by atoms with Crippen molar-refractivity contribution < 1.29 is 19.0 Å². The van der Waals surface area contributed by atoms with Crippen molar-refractivity contribution in [2.24, 2.45) is 0 Å². The minimum Gasteiger partial charge on any atom is -0.488 e. The Balaban J connectivity index is 1.20. The Morgan fingerprint density at radius 1 is 1.16 bits per heavy atom. The van der Waals surface area contributed by atoms with Gasteiger partial charge in [-0.05, 0) is 54.4 Å². The average molecular weight is 514 g/mol. The van der Waals surface area contributed by atoms with Crippen LogP contribution in [0.25, 0.3) is 31.8 Å². The van der Waals surface area contributed by atoms with Crippen molar-refractivity contribution in [2.45, 2.75) is 26.1 Å². The summed E-state index contributed by atoms with van der Waals surface area (Å²) in [5, 5.41) is 3.68. The summed E-state index contributed by atoms with van der Waals surface area (Å²) in [5.41, 5.74) is 6.44. The predicted octanol–water partition coefficient (Wildman–Crippen LogP) is 4.85. The molecular formula is C27H23N5O4S. The molecular weight excluding hydrogens is 490 g/mol. The maximum Gasteiger partial charge on any atom is 0.407 e. The van der Waals surface area contributed by atoms with Crippen LogP contribution in [0.5, 0.6) is 11.6 Å². The summed E-state index contributed by atoms with van der Waals surface area (Å²) >= 11 is 1.61. The van der Waals surface area contributed by atoms with E-state index in [9.17, 15) is 4.79 Å². The molecule has 0 fully saturated rings. The van der Waals surface area contributed by atoms with Crippen LogP contribution in [0, 0.1) is 6.92 Å². The average Bonchev–Trinajstić information content (AvgIpc) is 3.54. The molecule has 1 aliphatic heterocycles. The van der Waals surface area contributed by atoms with Gasteiger partial charge in [0, 0.05) is 29.9 Å². The topological polar surface area (TPSA) is 108 Å². The Labute approximate surface area is 216 Å². The van der Waals surface area contributed by atoms with Gasteiger partial charge in [-0.15, -0.1) is 11.3 Å². The lowest BCUT2D eigenvalue weighted by molar-refractivity contribution is 0.133. The second-order valence-corrected chi connectivity index (χ2v) is 9.76. The van der Waals surface area contributed by atoms with Gasteiger partial charge in [0.25, 0.3) is 0 Å². The number of amides is 1. The SMILES string of the molecule is COc1cnc2c(-c3nc4ccc5c(c4s3)CC(CNC(=O)OCc3ccncc3)O5)cc(C)cc2n1. The standard InChI is InChI=1S/C27H23N5O4S/c1-15-9-19(24-21(10-15)31-23(34-2)13-29-24)26-32-20-3-4-22-18(25(20)37-26)11-17(36-22)12-30-27(33)35-14-16-5-7-28-8-6-16/h3-10,13,17H,11-12,14H2,1-2H3,(H,30,33). The van der Waals surface area contributed by atoms with E-state index in [-0.39, 0.29) is 12.7 Å². The van der Waals surface area contributed by atoms with E-state index in [1.54, 1.807) is 37.0 Å². The van der Waals surface area contributed by atoms with Crippen molar-refractivity contribution in [1.82, 2.24) is 25.3 Å². The molecule has 1 amide bonds. The Bertz CT molecular complexity index is 1620. The maximum atomic E-state index is 12.2. The molecule has 0 aliphatic carbocycles. The lowest BCUT2D eigenvalue weighted by Gasteiger charge is -2.12. The van der Waals surface area contributed by atoms with E-state index in [0.29, 0.717) is 18.8 Å². The number of hydrogen-bond donors (Lipinski definition) is 1. The van der Waals surface area contributed by atoms with Gasteiger partial charge in [-0.3, -0.25) is 4.98 Å². The number of pyridine rings is 1. The fourth-order valence-electron chi connectivity index (χ4n) is 4.40. The van der Waals surface area contributed by atoms with Crippen molar-refractivity contribution in [3.63, 3.8) is 0 Å². The number of methoxy groups -OCH3 is 1. The number of carbonyl (C=O) groups is 1. The highest BCUT2D eigenvalue weighted by molar-refractivity contribution is 7.22. The maximum absolute atomic E-state index is 12.2. The Morgan fingerprint density at radius 2 is 2.03 bits per heavy atom. The van der Waals surface area contributed by atoms with Crippen LogP contribution < -0.4 is 14.8 Å². The number of thiazole rings is 1. The molecule has 9 nitrogen and oxygen atoms in total. The highest BCUT2D eigenvalue weighted by Crippen LogP contribution is 2.41. The molecule has 10 heteroatoms. The third-order valence-electron chi connectivity index (χ3n) is 6.14. The fourth-order valence-corrected chi connectivity index (χ4v) is 5.52. The molecule has 0 saturated heterocycles. The van der Waals surface area contributed by atoms with E-state index in [4.69, 9.17) is 19.2 Å². The van der Waals surface area contributed by atoms with E-state index in [2.05, 4.69) is 26.3 Å². The number of carbonyl (C=O) groups excluding carboxylic acids is 1. The number of nitrogens with one attached hydrogen (secondary N) is 1. The number of aryl methyl sites for hydroxylation is 1. The summed E-state index contributed by atoms with van der Waals surface area (Å²) < 4.78 is 17.7. The van der Waals surface area contributed by atoms with Gasteiger partial charge in [0.1, 0.15) is 23.5 Å². The molecule has 1 atom stereocenters. The number of rotatable bonds is 6. The van der Waals surface area contributed by atoms with Crippen molar-refractivity contribution in [3.8, 4) is 22.2 Å². The van der Waals surface area contributed by atoms with Gasteiger partial charge in [0.05, 0.1) is 41.1 Å². The molecule has 5 aromatic rings. The first-order valence-corrected chi connectivity index (χ1v) is 12.6. The molecule has 1 N–H and O–H groups in total. The van der Waals surface area contributed by atoms with Crippen LogP contribution in [-0.4, -0.2) is 45.8 Å². The zero-order valence-electron chi connectivity index (χ0n) is 20.2. The number of aromatic nitrogens is 4. The number of nitrogens with zero attached hydrogens (tertiary/aromatic N) is 4. The summed E-state index contributed by atoms with van der Waals surface area (Å²) in [7, 11) is 1.58. The minimum absolute atomic E-state index is 0.183. The number of ether oxygens (including phenoxy) is 3. The summed E-state index contributed by atoms with van der Waals surface area (Å²) in [6, 6.07) is 11.6. The normalized spacial score (nSPS) is 14.4. The van der Waals surface area contributed by atoms with Crippen molar-refractivity contribution in [2.75, 3.05) is 13.7 Å². The Kier molecular flexibility index (Phi) is 6.01. The van der Waals surface area contributed by atoms with E-state index < -0.39 is 6.09 Å². The second-order valence-electron chi connectivity index (χ2n) is 8.76. The fraction of sp³-hybridized carbons (Fsp3) is 0.222. The lowest BCUT2D eigenvalue weighted by atomic mass is 10.1. The molecule has 37 heavy (non-hydrogen) atoms. The van der Waals surface area contributed by atoms with Crippen LogP contribution in [0.4, 0.5) is 4.79 Å². The highest BCUT2D eigenvalue weighted by Gasteiger charge is 2.27. The number of hydrogen-bond acceptors (Lipinski definition) is 9. The monoisotopic (exact) mass is 513 g/mol. The van der Waals surface area contributed by atoms with Crippen LogP contribution in [0.15, 0.2) is 55.0 Å². The molecule has 3 aromatic heterocycles. The largest absolute Gasteiger partial charge is 0.488 e. The molecule has 0 saturated carbocycles. The first kappa shape index (κ1) is 23.1.